The third-order valence-corrected chi connectivity index (χ3v) is 5.21. The van der Waals surface area contributed by atoms with Gasteiger partial charge in [-0.2, -0.15) is 0 Å². The lowest BCUT2D eigenvalue weighted by Gasteiger charge is -2.19. The summed E-state index contributed by atoms with van der Waals surface area (Å²) in [6.07, 6.45) is 0. The minimum absolute atomic E-state index is 0.115. The fourth-order valence-electron chi connectivity index (χ4n) is 3.50. The first-order chi connectivity index (χ1) is 15.6. The average molecular weight is 447 g/mol. The summed E-state index contributed by atoms with van der Waals surface area (Å²) < 4.78 is 5.84. The first-order valence-corrected chi connectivity index (χ1v) is 10.2. The van der Waals surface area contributed by atoms with E-state index in [0.29, 0.717) is 11.3 Å². The van der Waals surface area contributed by atoms with E-state index in [9.17, 15) is 19.7 Å². The van der Waals surface area contributed by atoms with E-state index in [-0.39, 0.29) is 28.5 Å². The van der Waals surface area contributed by atoms with Crippen LogP contribution < -0.4 is 14.5 Å². The average Bonchev–Trinajstić information content (AvgIpc) is 2.78. The molecule has 0 saturated carbocycles. The van der Waals surface area contributed by atoms with E-state index in [1.807, 2.05) is 38.1 Å². The summed E-state index contributed by atoms with van der Waals surface area (Å²) in [5.74, 6) is 0.186. The van der Waals surface area contributed by atoms with Gasteiger partial charge in [-0.3, -0.25) is 19.7 Å². The summed E-state index contributed by atoms with van der Waals surface area (Å²) in [5.41, 5.74) is 2.54. The van der Waals surface area contributed by atoms with E-state index >= 15 is 0 Å². The first kappa shape index (κ1) is 23.5. The molecule has 0 fully saturated rings. The van der Waals surface area contributed by atoms with Gasteiger partial charge in [-0.05, 0) is 61.9 Å². The topological polar surface area (TPSA) is 93.0 Å². The van der Waals surface area contributed by atoms with Crippen LogP contribution >= 0.6 is 0 Å². The fraction of sp³-hybridized carbons (Fsp3) is 0.200. The van der Waals surface area contributed by atoms with E-state index in [0.717, 1.165) is 11.3 Å². The highest BCUT2D eigenvalue weighted by atomic mass is 16.6. The molecule has 0 heterocycles. The van der Waals surface area contributed by atoms with Gasteiger partial charge in [0.2, 0.25) is 0 Å². The maximum atomic E-state index is 13.0. The van der Waals surface area contributed by atoms with Crippen LogP contribution in [0, 0.1) is 17.0 Å². The Balaban J connectivity index is 1.90. The monoisotopic (exact) mass is 447 g/mol. The smallest absolute Gasteiger partial charge is 0.296 e. The van der Waals surface area contributed by atoms with Crippen molar-refractivity contribution in [2.45, 2.75) is 13.8 Å². The van der Waals surface area contributed by atoms with E-state index in [1.54, 1.807) is 30.3 Å². The van der Waals surface area contributed by atoms with E-state index in [4.69, 9.17) is 4.74 Å². The molecule has 0 saturated heterocycles. The number of hydrogen-bond acceptors (Lipinski definition) is 6. The number of ketones is 1. The number of nitro groups is 1. The zero-order chi connectivity index (χ0) is 24.3. The largest absolute Gasteiger partial charge is 0.457 e. The number of carbonyl (C=O) groups is 2. The third-order valence-electron chi connectivity index (χ3n) is 5.21. The Morgan fingerprint density at radius 1 is 0.879 bits per heavy atom. The molecule has 0 aliphatic heterocycles. The van der Waals surface area contributed by atoms with Crippen molar-refractivity contribution in [2.24, 2.45) is 0 Å². The third kappa shape index (κ3) is 5.17. The molecule has 0 N–H and O–H groups in total. The van der Waals surface area contributed by atoms with Crippen LogP contribution in [0.25, 0.3) is 0 Å². The van der Waals surface area contributed by atoms with Crippen molar-refractivity contribution in [3.63, 3.8) is 0 Å². The molecule has 8 heteroatoms. The zero-order valence-electron chi connectivity index (χ0n) is 19.2. The molecule has 1 amide bonds. The molecular weight excluding hydrogens is 422 g/mol. The highest BCUT2D eigenvalue weighted by Crippen LogP contribution is 2.35. The van der Waals surface area contributed by atoms with Crippen LogP contribution in [0.3, 0.4) is 0 Å². The van der Waals surface area contributed by atoms with Crippen LogP contribution in [-0.4, -0.2) is 37.8 Å². The lowest BCUT2D eigenvalue weighted by atomic mass is 10.1. The summed E-state index contributed by atoms with van der Waals surface area (Å²) in [4.78, 5) is 39.0. The van der Waals surface area contributed by atoms with E-state index < -0.39 is 10.8 Å². The number of carbonyl (C=O) groups excluding carboxylic acids is 2. The molecule has 170 valence electrons. The van der Waals surface area contributed by atoms with Crippen LogP contribution in [0.2, 0.25) is 0 Å². The molecule has 33 heavy (non-hydrogen) atoms. The van der Waals surface area contributed by atoms with Gasteiger partial charge in [0.25, 0.3) is 11.6 Å². The van der Waals surface area contributed by atoms with Crippen molar-refractivity contribution < 1.29 is 19.2 Å². The van der Waals surface area contributed by atoms with Gasteiger partial charge in [-0.25, -0.2) is 0 Å². The quantitative estimate of drug-likeness (QED) is 0.279. The van der Waals surface area contributed by atoms with Crippen molar-refractivity contribution >= 4 is 28.8 Å². The second-order valence-corrected chi connectivity index (χ2v) is 7.85. The summed E-state index contributed by atoms with van der Waals surface area (Å²) in [5, 5.41) is 11.8. The number of amides is 1. The van der Waals surface area contributed by atoms with Gasteiger partial charge in [-0.15, -0.1) is 0 Å². The van der Waals surface area contributed by atoms with E-state index in [1.165, 1.54) is 37.1 Å². The van der Waals surface area contributed by atoms with Gasteiger partial charge < -0.3 is 14.5 Å². The maximum Gasteiger partial charge on any atom is 0.296 e. The molecule has 0 spiro atoms. The number of aryl methyl sites for hydroxylation is 1. The van der Waals surface area contributed by atoms with Crippen LogP contribution in [0.15, 0.2) is 60.7 Å². The predicted molar refractivity (Wildman–Crippen MR) is 128 cm³/mol. The fourth-order valence-corrected chi connectivity index (χ4v) is 3.50. The summed E-state index contributed by atoms with van der Waals surface area (Å²) in [7, 11) is 5.34. The maximum absolute atomic E-state index is 13.0. The normalized spacial score (nSPS) is 10.5. The van der Waals surface area contributed by atoms with Crippen LogP contribution in [0.1, 0.15) is 33.2 Å². The lowest BCUT2D eigenvalue weighted by molar-refractivity contribution is -0.384. The Morgan fingerprint density at radius 3 is 2.06 bits per heavy atom. The van der Waals surface area contributed by atoms with Gasteiger partial charge >= 0.3 is 0 Å². The Kier molecular flexibility index (Phi) is 6.77. The van der Waals surface area contributed by atoms with Gasteiger partial charge in [-0.1, -0.05) is 12.1 Å². The number of rotatable bonds is 7. The second kappa shape index (κ2) is 9.52. The van der Waals surface area contributed by atoms with Gasteiger partial charge in [0.1, 0.15) is 17.2 Å². The second-order valence-electron chi connectivity index (χ2n) is 7.85. The van der Waals surface area contributed by atoms with Crippen molar-refractivity contribution in [2.75, 3.05) is 30.9 Å². The molecule has 3 aromatic carbocycles. The number of anilines is 2. The van der Waals surface area contributed by atoms with Crippen molar-refractivity contribution in [1.29, 1.82) is 0 Å². The molecule has 0 aromatic heterocycles. The van der Waals surface area contributed by atoms with E-state index in [2.05, 4.69) is 0 Å². The molecule has 0 radical (unpaired) electrons. The SMILES string of the molecule is CC(=O)c1cccc(C(=O)N(C)c2ccc(Oc3ccc(N(C)C)c(C)c3)cc2[N+](=O)[O-])c1. The number of nitrogens with zero attached hydrogens (tertiary/aromatic N) is 3. The Labute approximate surface area is 192 Å². The molecule has 3 aromatic rings. The number of benzene rings is 3. The summed E-state index contributed by atoms with van der Waals surface area (Å²) >= 11 is 0. The number of ether oxygens (including phenoxy) is 1. The number of Topliss-reactive ketones (excluding diaryl/α,β-unsaturated/α-hetero) is 1. The summed E-state index contributed by atoms with van der Waals surface area (Å²) in [6.45, 7) is 3.36. The summed E-state index contributed by atoms with van der Waals surface area (Å²) in [6, 6.07) is 16.2. The van der Waals surface area contributed by atoms with Crippen LogP contribution in [-0.2, 0) is 0 Å². The molecule has 0 unspecified atom stereocenters. The van der Waals surface area contributed by atoms with Crippen molar-refractivity contribution in [3.05, 3.63) is 87.5 Å². The molecule has 0 bridgehead atoms. The Morgan fingerprint density at radius 2 is 1.48 bits per heavy atom. The highest BCUT2D eigenvalue weighted by Gasteiger charge is 2.24. The Bertz CT molecular complexity index is 1240. The van der Waals surface area contributed by atoms with Gasteiger partial charge in [0, 0.05) is 38.0 Å². The number of hydrogen-bond donors (Lipinski definition) is 0. The van der Waals surface area contributed by atoms with Crippen LogP contribution in [0.4, 0.5) is 17.1 Å². The Hall–Kier alpha value is -4.20. The number of nitro benzene ring substituents is 1. The lowest BCUT2D eigenvalue weighted by Crippen LogP contribution is -2.27. The standard InChI is InChI=1S/C25H25N3O5/c1-16-13-20(9-11-22(16)26(3)4)33-21-10-12-23(24(15-21)28(31)32)27(5)25(30)19-8-6-7-18(14-19)17(2)29/h6-15H,1-5H3. The van der Waals surface area contributed by atoms with Crippen molar-refractivity contribution in [3.8, 4) is 11.5 Å². The van der Waals surface area contributed by atoms with Gasteiger partial charge in [0.15, 0.2) is 5.78 Å². The molecule has 0 aliphatic carbocycles. The zero-order valence-corrected chi connectivity index (χ0v) is 19.2. The molecule has 0 atom stereocenters. The molecule has 8 nitrogen and oxygen atoms in total. The molecular formula is C25H25N3O5. The minimum atomic E-state index is -0.557. The minimum Gasteiger partial charge on any atom is -0.457 e. The van der Waals surface area contributed by atoms with Gasteiger partial charge in [0.05, 0.1) is 11.0 Å². The first-order valence-electron chi connectivity index (χ1n) is 10.2. The van der Waals surface area contributed by atoms with Crippen molar-refractivity contribution in [1.82, 2.24) is 0 Å². The van der Waals surface area contributed by atoms with Crippen LogP contribution in [0.5, 0.6) is 11.5 Å². The highest BCUT2D eigenvalue weighted by molar-refractivity contribution is 6.08. The molecule has 3 rings (SSSR count). The molecule has 0 aliphatic rings. The predicted octanol–water partition coefficient (Wildman–Crippen LogP) is 5.24.